The van der Waals surface area contributed by atoms with Gasteiger partial charge in [-0.25, -0.2) is 13.1 Å². The quantitative estimate of drug-likeness (QED) is 0.742. The highest BCUT2D eigenvalue weighted by Gasteiger charge is 2.18. The highest BCUT2D eigenvalue weighted by molar-refractivity contribution is 7.89. The maximum absolute atomic E-state index is 12.5. The Morgan fingerprint density at radius 3 is 2.29 bits per heavy atom. The van der Waals surface area contributed by atoms with E-state index >= 15 is 0 Å². The molecule has 0 aliphatic rings. The van der Waals surface area contributed by atoms with E-state index in [0.29, 0.717) is 11.3 Å². The van der Waals surface area contributed by atoms with Crippen molar-refractivity contribution in [1.29, 1.82) is 0 Å². The summed E-state index contributed by atoms with van der Waals surface area (Å²) in [6.07, 6.45) is 0. The molecule has 8 heteroatoms. The fraction of sp³-hybridized carbons (Fsp3) is 0.300. The van der Waals surface area contributed by atoms with E-state index < -0.39 is 10.0 Å². The van der Waals surface area contributed by atoms with Gasteiger partial charge >= 0.3 is 0 Å². The van der Waals surface area contributed by atoms with Crippen molar-refractivity contribution in [3.05, 3.63) is 59.2 Å². The fourth-order valence-corrected chi connectivity index (χ4v) is 3.67. The minimum Gasteiger partial charge on any atom is -0.332 e. The number of anilines is 1. The van der Waals surface area contributed by atoms with Gasteiger partial charge in [0, 0.05) is 24.8 Å². The molecular weight excluding hydrogens is 378 g/mol. The van der Waals surface area contributed by atoms with Crippen LogP contribution in [0.1, 0.15) is 28.4 Å². The number of amides is 2. The van der Waals surface area contributed by atoms with Crippen LogP contribution < -0.4 is 10.0 Å². The largest absolute Gasteiger partial charge is 0.332 e. The van der Waals surface area contributed by atoms with Crippen molar-refractivity contribution in [3.8, 4) is 0 Å². The van der Waals surface area contributed by atoms with Crippen LogP contribution in [0, 0.1) is 13.8 Å². The second-order valence-electron chi connectivity index (χ2n) is 6.48. The normalized spacial score (nSPS) is 11.1. The van der Waals surface area contributed by atoms with Gasteiger partial charge in [0.1, 0.15) is 0 Å². The maximum Gasteiger partial charge on any atom is 0.254 e. The van der Waals surface area contributed by atoms with Crippen LogP contribution in [0.2, 0.25) is 0 Å². The molecule has 0 spiro atoms. The Balaban J connectivity index is 2.04. The predicted octanol–water partition coefficient (Wildman–Crippen LogP) is 2.31. The molecule has 0 unspecified atom stereocenters. The van der Waals surface area contributed by atoms with Gasteiger partial charge in [-0.05, 0) is 55.3 Å². The van der Waals surface area contributed by atoms with E-state index in [-0.39, 0.29) is 29.8 Å². The number of benzene rings is 2. The molecule has 2 N–H and O–H groups in total. The van der Waals surface area contributed by atoms with E-state index in [1.807, 2.05) is 32.0 Å². The van der Waals surface area contributed by atoms with Gasteiger partial charge < -0.3 is 10.2 Å². The first kappa shape index (κ1) is 21.6. The molecule has 0 atom stereocenters. The average Bonchev–Trinajstić information content (AvgIpc) is 2.65. The summed E-state index contributed by atoms with van der Waals surface area (Å²) in [7, 11) is -2.05. The Kier molecular flexibility index (Phi) is 6.93. The number of likely N-dealkylation sites (N-methyl/N-ethyl adjacent to an activating group) is 1. The molecule has 0 aliphatic heterocycles. The number of hydrogen-bond donors (Lipinski definition) is 2. The van der Waals surface area contributed by atoms with Gasteiger partial charge in [0.25, 0.3) is 5.91 Å². The number of hydrogen-bond acceptors (Lipinski definition) is 4. The number of carbonyl (C=O) groups excluding carboxylic acids is 2. The molecule has 2 aromatic rings. The summed E-state index contributed by atoms with van der Waals surface area (Å²) >= 11 is 0. The molecule has 0 bridgehead atoms. The summed E-state index contributed by atoms with van der Waals surface area (Å²) in [6, 6.07) is 11.2. The zero-order valence-corrected chi connectivity index (χ0v) is 17.3. The summed E-state index contributed by atoms with van der Waals surface area (Å²) in [4.78, 5) is 26.2. The standard InChI is InChI=1S/C20H25N3O4S/c1-5-21-28(26,27)17-11-9-16(10-12-17)20(25)23(4)13-19(24)22-18-8-6-7-14(2)15(18)3/h6-12,21H,5,13H2,1-4H3,(H,22,24). The molecule has 0 saturated heterocycles. The summed E-state index contributed by atoms with van der Waals surface area (Å²) in [5, 5.41) is 2.81. The molecule has 2 rings (SSSR count). The Morgan fingerprint density at radius 2 is 1.68 bits per heavy atom. The number of carbonyl (C=O) groups is 2. The zero-order chi connectivity index (χ0) is 20.9. The van der Waals surface area contributed by atoms with Crippen molar-refractivity contribution in [1.82, 2.24) is 9.62 Å². The lowest BCUT2D eigenvalue weighted by Gasteiger charge is -2.18. The van der Waals surface area contributed by atoms with Crippen molar-refractivity contribution in [3.63, 3.8) is 0 Å². The smallest absolute Gasteiger partial charge is 0.254 e. The second-order valence-corrected chi connectivity index (χ2v) is 8.25. The third-order valence-corrected chi connectivity index (χ3v) is 5.91. The number of nitrogens with zero attached hydrogens (tertiary/aromatic N) is 1. The lowest BCUT2D eigenvalue weighted by Crippen LogP contribution is -2.35. The van der Waals surface area contributed by atoms with Crippen LogP contribution >= 0.6 is 0 Å². The van der Waals surface area contributed by atoms with E-state index in [1.165, 1.54) is 36.2 Å². The predicted molar refractivity (Wildman–Crippen MR) is 109 cm³/mol. The molecule has 150 valence electrons. The average molecular weight is 404 g/mol. The molecule has 7 nitrogen and oxygen atoms in total. The summed E-state index contributed by atoms with van der Waals surface area (Å²) in [6.45, 7) is 5.72. The summed E-state index contributed by atoms with van der Waals surface area (Å²) < 4.78 is 26.3. The van der Waals surface area contributed by atoms with Crippen LogP contribution in [0.25, 0.3) is 0 Å². The number of aryl methyl sites for hydroxylation is 1. The molecule has 2 aromatic carbocycles. The second kappa shape index (κ2) is 8.99. The molecule has 0 aromatic heterocycles. The molecule has 0 fully saturated rings. The molecule has 28 heavy (non-hydrogen) atoms. The SMILES string of the molecule is CCNS(=O)(=O)c1ccc(C(=O)N(C)CC(=O)Nc2cccc(C)c2C)cc1. The first-order chi connectivity index (χ1) is 13.2. The third kappa shape index (κ3) is 5.17. The van der Waals surface area contributed by atoms with E-state index in [4.69, 9.17) is 0 Å². The molecule has 0 aliphatic carbocycles. The molecule has 0 saturated carbocycles. The van der Waals surface area contributed by atoms with Crippen LogP contribution in [0.5, 0.6) is 0 Å². The van der Waals surface area contributed by atoms with Crippen LogP contribution in [0.15, 0.2) is 47.4 Å². The lowest BCUT2D eigenvalue weighted by atomic mass is 10.1. The Morgan fingerprint density at radius 1 is 1.04 bits per heavy atom. The van der Waals surface area contributed by atoms with E-state index in [2.05, 4.69) is 10.0 Å². The van der Waals surface area contributed by atoms with Gasteiger partial charge in [0.15, 0.2) is 0 Å². The highest BCUT2D eigenvalue weighted by atomic mass is 32.2. The van der Waals surface area contributed by atoms with Crippen LogP contribution in [0.4, 0.5) is 5.69 Å². The lowest BCUT2D eigenvalue weighted by molar-refractivity contribution is -0.116. The van der Waals surface area contributed by atoms with E-state index in [9.17, 15) is 18.0 Å². The molecule has 2 amide bonds. The fourth-order valence-electron chi connectivity index (χ4n) is 2.63. The minimum atomic E-state index is -3.57. The number of sulfonamides is 1. The van der Waals surface area contributed by atoms with Gasteiger partial charge in [-0.1, -0.05) is 19.1 Å². The third-order valence-electron chi connectivity index (χ3n) is 4.35. The van der Waals surface area contributed by atoms with Crippen molar-refractivity contribution >= 4 is 27.5 Å². The summed E-state index contributed by atoms with van der Waals surface area (Å²) in [5.74, 6) is -0.681. The van der Waals surface area contributed by atoms with Crippen LogP contribution in [-0.4, -0.2) is 45.3 Å². The Labute approximate surface area is 165 Å². The molecular formula is C20H25N3O4S. The zero-order valence-electron chi connectivity index (χ0n) is 16.4. The molecule has 0 radical (unpaired) electrons. The first-order valence-corrected chi connectivity index (χ1v) is 10.3. The van der Waals surface area contributed by atoms with Crippen molar-refractivity contribution in [2.24, 2.45) is 0 Å². The van der Waals surface area contributed by atoms with Crippen molar-refractivity contribution in [2.45, 2.75) is 25.7 Å². The monoisotopic (exact) mass is 403 g/mol. The topological polar surface area (TPSA) is 95.6 Å². The maximum atomic E-state index is 12.5. The Bertz CT molecular complexity index is 969. The van der Waals surface area contributed by atoms with Crippen molar-refractivity contribution in [2.75, 3.05) is 25.5 Å². The van der Waals surface area contributed by atoms with Gasteiger partial charge in [-0.15, -0.1) is 0 Å². The number of nitrogens with one attached hydrogen (secondary N) is 2. The van der Waals surface area contributed by atoms with Gasteiger partial charge in [-0.3, -0.25) is 9.59 Å². The summed E-state index contributed by atoms with van der Waals surface area (Å²) in [5.41, 5.74) is 3.05. The van der Waals surface area contributed by atoms with Gasteiger partial charge in [0.05, 0.1) is 11.4 Å². The first-order valence-electron chi connectivity index (χ1n) is 8.87. The molecule has 0 heterocycles. The van der Waals surface area contributed by atoms with Gasteiger partial charge in [-0.2, -0.15) is 0 Å². The van der Waals surface area contributed by atoms with E-state index in [0.717, 1.165) is 11.1 Å². The number of rotatable bonds is 7. The minimum absolute atomic E-state index is 0.0845. The highest BCUT2D eigenvalue weighted by Crippen LogP contribution is 2.18. The Hall–Kier alpha value is -2.71. The van der Waals surface area contributed by atoms with E-state index in [1.54, 1.807) is 6.92 Å². The van der Waals surface area contributed by atoms with Crippen LogP contribution in [-0.2, 0) is 14.8 Å². The van der Waals surface area contributed by atoms with Crippen LogP contribution in [0.3, 0.4) is 0 Å². The van der Waals surface area contributed by atoms with Gasteiger partial charge in [0.2, 0.25) is 15.9 Å². The van der Waals surface area contributed by atoms with Crippen molar-refractivity contribution < 1.29 is 18.0 Å².